The van der Waals surface area contributed by atoms with Gasteiger partial charge in [-0.3, -0.25) is 4.79 Å². The smallest absolute Gasteiger partial charge is 0.291 e. The zero-order valence-corrected chi connectivity index (χ0v) is 18.4. The second-order valence-electron chi connectivity index (χ2n) is 7.33. The molecule has 0 aliphatic heterocycles. The normalized spacial score (nSPS) is 13.2. The lowest BCUT2D eigenvalue weighted by atomic mass is 9.97. The highest BCUT2D eigenvalue weighted by atomic mass is 35.5. The molecule has 0 spiro atoms. The first-order valence-electron chi connectivity index (χ1n) is 9.76. The number of thiazole rings is 1. The molecule has 0 unspecified atom stereocenters. The standard InChI is InChI=1S/C24H18ClN3O2S/c1-14(16-5-6-18-13-20(30-2)10-7-17(18)12-16)22-26-24-28(27-22)23(29)21(31-24)11-15-3-8-19(25)9-4-15/h3-14H,1-2H3/b21-11-/t14-/m0/s1. The summed E-state index contributed by atoms with van der Waals surface area (Å²) in [6.07, 6.45) is 1.83. The number of halogens is 1. The minimum atomic E-state index is -0.161. The average molecular weight is 448 g/mol. The van der Waals surface area contributed by atoms with Crippen molar-refractivity contribution in [2.45, 2.75) is 12.8 Å². The van der Waals surface area contributed by atoms with E-state index in [1.54, 1.807) is 19.2 Å². The summed E-state index contributed by atoms with van der Waals surface area (Å²) in [7, 11) is 1.66. The van der Waals surface area contributed by atoms with Crippen molar-refractivity contribution in [3.8, 4) is 5.75 Å². The number of rotatable bonds is 4. The van der Waals surface area contributed by atoms with Gasteiger partial charge in [-0.1, -0.05) is 66.3 Å². The molecule has 0 fully saturated rings. The van der Waals surface area contributed by atoms with E-state index in [1.165, 1.54) is 15.9 Å². The highest BCUT2D eigenvalue weighted by Crippen LogP contribution is 2.27. The number of aromatic nitrogens is 3. The van der Waals surface area contributed by atoms with Crippen molar-refractivity contribution in [2.24, 2.45) is 0 Å². The average Bonchev–Trinajstić information content (AvgIpc) is 3.33. The minimum absolute atomic E-state index is 0.0401. The predicted octanol–water partition coefficient (Wildman–Crippen LogP) is 4.67. The van der Waals surface area contributed by atoms with E-state index < -0.39 is 0 Å². The van der Waals surface area contributed by atoms with Crippen molar-refractivity contribution < 1.29 is 4.74 Å². The summed E-state index contributed by atoms with van der Waals surface area (Å²) in [6.45, 7) is 2.05. The van der Waals surface area contributed by atoms with Crippen LogP contribution >= 0.6 is 22.9 Å². The summed E-state index contributed by atoms with van der Waals surface area (Å²) in [5, 5.41) is 7.41. The quantitative estimate of drug-likeness (QED) is 0.402. The lowest BCUT2D eigenvalue weighted by molar-refractivity contribution is 0.415. The Morgan fingerprint density at radius 2 is 1.81 bits per heavy atom. The highest BCUT2D eigenvalue weighted by Gasteiger charge is 2.17. The first kappa shape index (κ1) is 19.7. The maximum absolute atomic E-state index is 12.8. The maximum atomic E-state index is 12.8. The SMILES string of the molecule is COc1ccc2cc([C@H](C)c3nc4s/c(=C\c5ccc(Cl)cc5)c(=O)n4n3)ccc2c1. The van der Waals surface area contributed by atoms with Crippen molar-refractivity contribution in [3.05, 3.63) is 97.5 Å². The van der Waals surface area contributed by atoms with Gasteiger partial charge in [-0.15, -0.1) is 5.10 Å². The monoisotopic (exact) mass is 447 g/mol. The van der Waals surface area contributed by atoms with Gasteiger partial charge in [0.05, 0.1) is 11.6 Å². The minimum Gasteiger partial charge on any atom is -0.497 e. The Bertz CT molecular complexity index is 1520. The van der Waals surface area contributed by atoms with Crippen LogP contribution in [0.5, 0.6) is 5.75 Å². The molecule has 154 valence electrons. The third kappa shape index (κ3) is 3.69. The Morgan fingerprint density at radius 3 is 2.55 bits per heavy atom. The van der Waals surface area contributed by atoms with Crippen LogP contribution in [0.25, 0.3) is 21.8 Å². The molecule has 7 heteroatoms. The second-order valence-corrected chi connectivity index (χ2v) is 8.77. The second kappa shape index (κ2) is 7.80. The number of fused-ring (bicyclic) bond motifs is 2. The van der Waals surface area contributed by atoms with Crippen LogP contribution in [-0.4, -0.2) is 21.7 Å². The lowest BCUT2D eigenvalue weighted by Gasteiger charge is -2.10. The van der Waals surface area contributed by atoms with Crippen LogP contribution in [0, 0.1) is 0 Å². The van der Waals surface area contributed by atoms with Gasteiger partial charge in [0, 0.05) is 10.9 Å². The Balaban J connectivity index is 1.50. The van der Waals surface area contributed by atoms with Gasteiger partial charge in [0.15, 0.2) is 5.82 Å². The fraction of sp³-hybridized carbons (Fsp3) is 0.125. The highest BCUT2D eigenvalue weighted by molar-refractivity contribution is 7.15. The first-order valence-corrected chi connectivity index (χ1v) is 11.0. The molecule has 0 saturated heterocycles. The fourth-order valence-electron chi connectivity index (χ4n) is 3.53. The number of hydrogen-bond donors (Lipinski definition) is 0. The van der Waals surface area contributed by atoms with Gasteiger partial charge < -0.3 is 4.74 Å². The third-order valence-electron chi connectivity index (χ3n) is 5.32. The maximum Gasteiger partial charge on any atom is 0.291 e. The van der Waals surface area contributed by atoms with Crippen LogP contribution in [0.15, 0.2) is 65.5 Å². The first-order chi connectivity index (χ1) is 15.0. The van der Waals surface area contributed by atoms with E-state index in [0.717, 1.165) is 27.6 Å². The van der Waals surface area contributed by atoms with Crippen molar-refractivity contribution in [3.63, 3.8) is 0 Å². The van der Waals surface area contributed by atoms with Crippen LogP contribution in [0.4, 0.5) is 0 Å². The number of ether oxygens (including phenoxy) is 1. The molecule has 0 aliphatic carbocycles. The molecule has 1 atom stereocenters. The topological polar surface area (TPSA) is 56.5 Å². The molecule has 0 amide bonds. The van der Waals surface area contributed by atoms with Crippen molar-refractivity contribution in [2.75, 3.05) is 7.11 Å². The van der Waals surface area contributed by atoms with Crippen molar-refractivity contribution in [1.29, 1.82) is 0 Å². The number of benzene rings is 3. The van der Waals surface area contributed by atoms with E-state index in [2.05, 4.69) is 35.2 Å². The Labute approximate surface area is 187 Å². The molecule has 2 aromatic heterocycles. The summed E-state index contributed by atoms with van der Waals surface area (Å²) in [6, 6.07) is 19.6. The van der Waals surface area contributed by atoms with Gasteiger partial charge in [0.2, 0.25) is 4.96 Å². The molecular formula is C24H18ClN3O2S. The van der Waals surface area contributed by atoms with Gasteiger partial charge in [-0.25, -0.2) is 4.98 Å². The molecule has 0 radical (unpaired) electrons. The molecule has 5 nitrogen and oxygen atoms in total. The molecule has 3 aromatic carbocycles. The van der Waals surface area contributed by atoms with Crippen molar-refractivity contribution in [1.82, 2.24) is 14.6 Å². The fourth-order valence-corrected chi connectivity index (χ4v) is 4.57. The largest absolute Gasteiger partial charge is 0.497 e. The van der Waals surface area contributed by atoms with E-state index in [4.69, 9.17) is 16.3 Å². The van der Waals surface area contributed by atoms with E-state index >= 15 is 0 Å². The molecule has 5 rings (SSSR count). The summed E-state index contributed by atoms with van der Waals surface area (Å²) >= 11 is 7.27. The Kier molecular flexibility index (Phi) is 4.96. The van der Waals surface area contributed by atoms with Gasteiger partial charge in [-0.2, -0.15) is 4.52 Å². The molecule has 2 heterocycles. The van der Waals surface area contributed by atoms with Gasteiger partial charge in [0.1, 0.15) is 5.75 Å². The van der Waals surface area contributed by atoms with Crippen molar-refractivity contribution >= 4 is 44.7 Å². The molecule has 0 saturated carbocycles. The van der Waals surface area contributed by atoms with E-state index in [-0.39, 0.29) is 11.5 Å². The number of nitrogens with zero attached hydrogens (tertiary/aromatic N) is 3. The summed E-state index contributed by atoms with van der Waals surface area (Å²) < 4.78 is 7.28. The van der Waals surface area contributed by atoms with Crippen LogP contribution in [-0.2, 0) is 0 Å². The van der Waals surface area contributed by atoms with E-state index in [0.29, 0.717) is 20.3 Å². The third-order valence-corrected chi connectivity index (χ3v) is 6.54. The number of methoxy groups -OCH3 is 1. The van der Waals surface area contributed by atoms with Gasteiger partial charge in [0.25, 0.3) is 5.56 Å². The van der Waals surface area contributed by atoms with Gasteiger partial charge >= 0.3 is 0 Å². The zero-order valence-electron chi connectivity index (χ0n) is 16.9. The van der Waals surface area contributed by atoms with Crippen LogP contribution in [0.1, 0.15) is 29.8 Å². The predicted molar refractivity (Wildman–Crippen MR) is 125 cm³/mol. The Hall–Kier alpha value is -3.22. The van der Waals surface area contributed by atoms with Crippen LogP contribution in [0.2, 0.25) is 5.02 Å². The zero-order chi connectivity index (χ0) is 21.5. The molecular weight excluding hydrogens is 430 g/mol. The summed E-state index contributed by atoms with van der Waals surface area (Å²) in [5.74, 6) is 1.43. The molecule has 5 aromatic rings. The summed E-state index contributed by atoms with van der Waals surface area (Å²) in [4.78, 5) is 18.0. The molecule has 31 heavy (non-hydrogen) atoms. The Morgan fingerprint density at radius 1 is 1.06 bits per heavy atom. The number of hydrogen-bond acceptors (Lipinski definition) is 5. The summed E-state index contributed by atoms with van der Waals surface area (Å²) in [5.41, 5.74) is 1.84. The van der Waals surface area contributed by atoms with Crippen LogP contribution < -0.4 is 14.8 Å². The molecule has 0 aliphatic rings. The molecule has 0 bridgehead atoms. The lowest BCUT2D eigenvalue weighted by Crippen LogP contribution is -2.24. The van der Waals surface area contributed by atoms with E-state index in [1.807, 2.05) is 36.4 Å². The van der Waals surface area contributed by atoms with Crippen LogP contribution in [0.3, 0.4) is 0 Å². The van der Waals surface area contributed by atoms with E-state index in [9.17, 15) is 4.79 Å². The molecule has 0 N–H and O–H groups in total. The van der Waals surface area contributed by atoms with Gasteiger partial charge in [-0.05, 0) is 52.2 Å².